The van der Waals surface area contributed by atoms with Gasteiger partial charge >= 0.3 is 7.60 Å². The molecule has 1 unspecified atom stereocenters. The molecule has 1 aliphatic rings. The van der Waals surface area contributed by atoms with E-state index in [4.69, 9.17) is 4.89 Å². The van der Waals surface area contributed by atoms with Crippen molar-refractivity contribution in [1.29, 1.82) is 0 Å². The number of carbonyl (C=O) groups is 1. The Hall–Kier alpha value is -0.0300. The van der Waals surface area contributed by atoms with Crippen LogP contribution in [0.2, 0.25) is 0 Å². The standard InChI is InChI=1S/C10H20NO4PS/c1-16(13,14)15-7-8-17-10(12)11-9-5-3-2-4-6-9/h9H,2-8H2,1H3,(H,11,12)(H,13,14). The molecule has 5 nitrogen and oxygen atoms in total. The molecule has 0 aromatic carbocycles. The molecule has 7 heteroatoms. The van der Waals surface area contributed by atoms with Crippen LogP contribution in [0.25, 0.3) is 0 Å². The third kappa shape index (κ3) is 7.82. The van der Waals surface area contributed by atoms with Gasteiger partial charge in [0.15, 0.2) is 0 Å². The average molecular weight is 281 g/mol. The molecule has 100 valence electrons. The van der Waals surface area contributed by atoms with Crippen molar-refractivity contribution in [3.8, 4) is 0 Å². The number of carbonyl (C=O) groups excluding carboxylic acids is 1. The van der Waals surface area contributed by atoms with Crippen LogP contribution in [0.4, 0.5) is 4.79 Å². The fraction of sp³-hybridized carbons (Fsp3) is 0.900. The van der Waals surface area contributed by atoms with E-state index >= 15 is 0 Å². The monoisotopic (exact) mass is 281 g/mol. The van der Waals surface area contributed by atoms with Gasteiger partial charge in [-0.2, -0.15) is 0 Å². The normalized spacial score (nSPS) is 20.8. The van der Waals surface area contributed by atoms with Crippen molar-refractivity contribution in [3.63, 3.8) is 0 Å². The Morgan fingerprint density at radius 1 is 1.47 bits per heavy atom. The topological polar surface area (TPSA) is 75.6 Å². The molecule has 1 saturated carbocycles. The zero-order chi connectivity index (χ0) is 12.7. The van der Waals surface area contributed by atoms with Gasteiger partial charge in [0.2, 0.25) is 0 Å². The van der Waals surface area contributed by atoms with Gasteiger partial charge in [-0.25, -0.2) is 0 Å². The van der Waals surface area contributed by atoms with Crippen LogP contribution in [0.5, 0.6) is 0 Å². The Morgan fingerprint density at radius 3 is 2.71 bits per heavy atom. The second kappa shape index (κ2) is 7.41. The van der Waals surface area contributed by atoms with Crippen LogP contribution < -0.4 is 5.32 Å². The van der Waals surface area contributed by atoms with Crippen LogP contribution in [-0.2, 0) is 9.09 Å². The molecule has 1 rings (SSSR count). The Bertz CT molecular complexity index is 288. The first-order valence-corrected chi connectivity index (χ1v) is 8.86. The summed E-state index contributed by atoms with van der Waals surface area (Å²) in [7, 11) is -3.41. The predicted octanol–water partition coefficient (Wildman–Crippen LogP) is 2.59. The molecule has 0 aromatic heterocycles. The molecule has 0 radical (unpaired) electrons. The molecule has 1 amide bonds. The number of thioether (sulfide) groups is 1. The van der Waals surface area contributed by atoms with Gasteiger partial charge in [-0.1, -0.05) is 31.0 Å². The van der Waals surface area contributed by atoms with Crippen LogP contribution in [-0.4, -0.2) is 35.2 Å². The SMILES string of the molecule is CP(=O)(O)OCCSC(=O)NC1CCCCC1. The summed E-state index contributed by atoms with van der Waals surface area (Å²) in [5, 5.41) is 2.89. The summed E-state index contributed by atoms with van der Waals surface area (Å²) in [5.74, 6) is 0.400. The molecule has 0 bridgehead atoms. The third-order valence-corrected chi connectivity index (χ3v) is 3.99. The first kappa shape index (κ1) is 15.0. The molecule has 0 spiro atoms. The highest BCUT2D eigenvalue weighted by Gasteiger charge is 2.16. The molecule has 0 heterocycles. The maximum absolute atomic E-state index is 11.5. The second-order valence-electron chi connectivity index (χ2n) is 4.25. The van der Waals surface area contributed by atoms with Gasteiger partial charge in [0.05, 0.1) is 6.61 Å². The average Bonchev–Trinajstić information content (AvgIpc) is 2.25. The van der Waals surface area contributed by atoms with Crippen molar-refractivity contribution >= 4 is 24.6 Å². The van der Waals surface area contributed by atoms with Crippen LogP contribution in [0.15, 0.2) is 0 Å². The molecule has 1 aliphatic carbocycles. The summed E-state index contributed by atoms with van der Waals surface area (Å²) < 4.78 is 15.5. The fourth-order valence-electron chi connectivity index (χ4n) is 1.80. The number of amides is 1. The third-order valence-electron chi connectivity index (χ3n) is 2.57. The maximum Gasteiger partial charge on any atom is 0.325 e. The molecule has 17 heavy (non-hydrogen) atoms. The minimum Gasteiger partial charge on any atom is -0.344 e. The molecule has 1 fully saturated rings. The highest BCUT2D eigenvalue weighted by Crippen LogP contribution is 2.36. The Morgan fingerprint density at radius 2 is 2.12 bits per heavy atom. The smallest absolute Gasteiger partial charge is 0.325 e. The Kier molecular flexibility index (Phi) is 6.55. The van der Waals surface area contributed by atoms with Gasteiger partial charge in [-0.3, -0.25) is 9.36 Å². The summed E-state index contributed by atoms with van der Waals surface area (Å²) in [6.45, 7) is 1.26. The summed E-state index contributed by atoms with van der Waals surface area (Å²) in [6.07, 6.45) is 5.74. The Labute approximate surface area is 106 Å². The number of rotatable bonds is 5. The predicted molar refractivity (Wildman–Crippen MR) is 69.6 cm³/mol. The van der Waals surface area contributed by atoms with Gasteiger partial charge in [0.1, 0.15) is 0 Å². The van der Waals surface area contributed by atoms with Gasteiger partial charge in [-0.05, 0) is 12.8 Å². The largest absolute Gasteiger partial charge is 0.344 e. The Balaban J connectivity index is 2.06. The number of nitrogens with one attached hydrogen (secondary N) is 1. The lowest BCUT2D eigenvalue weighted by atomic mass is 9.96. The molecule has 0 aliphatic heterocycles. The molecule has 0 saturated heterocycles. The van der Waals surface area contributed by atoms with Crippen molar-refractivity contribution in [3.05, 3.63) is 0 Å². The van der Waals surface area contributed by atoms with Gasteiger partial charge in [-0.15, -0.1) is 0 Å². The number of hydrogen-bond acceptors (Lipinski definition) is 4. The van der Waals surface area contributed by atoms with E-state index in [0.29, 0.717) is 11.8 Å². The van der Waals surface area contributed by atoms with E-state index in [2.05, 4.69) is 9.84 Å². The minimum absolute atomic E-state index is 0.0654. The van der Waals surface area contributed by atoms with Crippen LogP contribution in [0, 0.1) is 0 Å². The number of hydrogen-bond donors (Lipinski definition) is 2. The lowest BCUT2D eigenvalue weighted by Gasteiger charge is -2.22. The van der Waals surface area contributed by atoms with Crippen molar-refractivity contribution in [2.75, 3.05) is 19.0 Å². The summed E-state index contributed by atoms with van der Waals surface area (Å²) in [5.41, 5.74) is 0. The lowest BCUT2D eigenvalue weighted by Crippen LogP contribution is -2.33. The van der Waals surface area contributed by atoms with Crippen molar-refractivity contribution in [2.24, 2.45) is 0 Å². The highest BCUT2D eigenvalue weighted by atomic mass is 32.2. The molecule has 0 aromatic rings. The molecule has 2 N–H and O–H groups in total. The van der Waals surface area contributed by atoms with E-state index in [1.165, 1.54) is 19.3 Å². The first-order chi connectivity index (χ1) is 7.97. The molecular formula is C10H20NO4PS. The van der Waals surface area contributed by atoms with E-state index in [1.54, 1.807) is 0 Å². The van der Waals surface area contributed by atoms with Crippen LogP contribution in [0.3, 0.4) is 0 Å². The van der Waals surface area contributed by atoms with E-state index in [9.17, 15) is 9.36 Å². The van der Waals surface area contributed by atoms with E-state index in [1.807, 2.05) is 0 Å². The van der Waals surface area contributed by atoms with Gasteiger partial charge in [0, 0.05) is 18.5 Å². The molecular weight excluding hydrogens is 261 g/mol. The van der Waals surface area contributed by atoms with Crippen molar-refractivity contribution < 1.29 is 18.8 Å². The zero-order valence-corrected chi connectivity index (χ0v) is 11.8. The van der Waals surface area contributed by atoms with Crippen LogP contribution in [0.1, 0.15) is 32.1 Å². The lowest BCUT2D eigenvalue weighted by molar-refractivity contribution is 0.252. The summed E-state index contributed by atoms with van der Waals surface area (Å²) in [4.78, 5) is 20.4. The highest BCUT2D eigenvalue weighted by molar-refractivity contribution is 8.13. The van der Waals surface area contributed by atoms with Gasteiger partial charge in [0.25, 0.3) is 5.24 Å². The van der Waals surface area contributed by atoms with Crippen molar-refractivity contribution in [2.45, 2.75) is 38.1 Å². The maximum atomic E-state index is 11.5. The zero-order valence-electron chi connectivity index (χ0n) is 10.1. The van der Waals surface area contributed by atoms with Crippen LogP contribution >= 0.6 is 19.4 Å². The van der Waals surface area contributed by atoms with E-state index in [-0.39, 0.29) is 11.8 Å². The van der Waals surface area contributed by atoms with Crippen molar-refractivity contribution in [1.82, 2.24) is 5.32 Å². The van der Waals surface area contributed by atoms with Gasteiger partial charge < -0.3 is 14.7 Å². The first-order valence-electron chi connectivity index (χ1n) is 5.85. The second-order valence-corrected chi connectivity index (χ2v) is 7.18. The summed E-state index contributed by atoms with van der Waals surface area (Å²) in [6, 6.07) is 0.305. The minimum atomic E-state index is -3.41. The molecule has 1 atom stereocenters. The quantitative estimate of drug-likeness (QED) is 0.598. The van der Waals surface area contributed by atoms with E-state index in [0.717, 1.165) is 31.3 Å². The van der Waals surface area contributed by atoms with E-state index < -0.39 is 7.60 Å². The fourth-order valence-corrected chi connectivity index (χ4v) is 2.95. The summed E-state index contributed by atoms with van der Waals surface area (Å²) >= 11 is 1.10.